The summed E-state index contributed by atoms with van der Waals surface area (Å²) in [6.45, 7) is 3.29. The molecule has 0 bridgehead atoms. The molecule has 1 unspecified atom stereocenters. The summed E-state index contributed by atoms with van der Waals surface area (Å²) in [4.78, 5) is 10.9. The maximum Gasteiger partial charge on any atom is 0.128 e. The van der Waals surface area contributed by atoms with Gasteiger partial charge in [0.15, 0.2) is 0 Å². The fourth-order valence-corrected chi connectivity index (χ4v) is 1.61. The normalized spacial score (nSPS) is 24.8. The molecule has 1 heterocycles. The molecule has 0 aromatic heterocycles. The van der Waals surface area contributed by atoms with E-state index < -0.39 is 0 Å². The minimum atomic E-state index is -0.299. The highest BCUT2D eigenvalue weighted by Crippen LogP contribution is 2.33. The summed E-state index contributed by atoms with van der Waals surface area (Å²) in [5, 5.41) is 0. The molecule has 0 spiro atoms. The van der Waals surface area contributed by atoms with Gasteiger partial charge in [0.2, 0.25) is 0 Å². The first kappa shape index (κ1) is 9.68. The van der Waals surface area contributed by atoms with Gasteiger partial charge in [-0.25, -0.2) is 0 Å². The van der Waals surface area contributed by atoms with Crippen molar-refractivity contribution in [3.8, 4) is 0 Å². The molecule has 1 fully saturated rings. The van der Waals surface area contributed by atoms with Crippen molar-refractivity contribution >= 4 is 6.29 Å². The standard InChI is InChI=1S/C9H16O3/c1-8(11-2)9(7-10)3-5-12-6-4-9/h7-8H,3-6H2,1-2H3. The van der Waals surface area contributed by atoms with E-state index >= 15 is 0 Å². The average molecular weight is 172 g/mol. The van der Waals surface area contributed by atoms with Crippen LogP contribution in [0.25, 0.3) is 0 Å². The third-order valence-corrected chi connectivity index (χ3v) is 2.82. The van der Waals surface area contributed by atoms with Crippen molar-refractivity contribution in [1.29, 1.82) is 0 Å². The van der Waals surface area contributed by atoms with Gasteiger partial charge < -0.3 is 14.3 Å². The van der Waals surface area contributed by atoms with Crippen LogP contribution in [0.2, 0.25) is 0 Å². The van der Waals surface area contributed by atoms with Crippen LogP contribution in [-0.2, 0) is 14.3 Å². The lowest BCUT2D eigenvalue weighted by molar-refractivity contribution is -0.133. The van der Waals surface area contributed by atoms with Crippen molar-refractivity contribution in [3.63, 3.8) is 0 Å². The molecule has 70 valence electrons. The van der Waals surface area contributed by atoms with Crippen molar-refractivity contribution < 1.29 is 14.3 Å². The van der Waals surface area contributed by atoms with Crippen LogP contribution in [0.15, 0.2) is 0 Å². The van der Waals surface area contributed by atoms with E-state index in [0.29, 0.717) is 13.2 Å². The van der Waals surface area contributed by atoms with Crippen LogP contribution in [0.3, 0.4) is 0 Å². The molecule has 0 aromatic carbocycles. The maximum absolute atomic E-state index is 10.9. The molecular formula is C9H16O3. The van der Waals surface area contributed by atoms with E-state index in [9.17, 15) is 4.79 Å². The van der Waals surface area contributed by atoms with E-state index in [1.54, 1.807) is 7.11 Å². The topological polar surface area (TPSA) is 35.5 Å². The molecule has 0 saturated carbocycles. The number of aldehydes is 1. The summed E-state index contributed by atoms with van der Waals surface area (Å²) in [7, 11) is 1.64. The zero-order valence-electron chi connectivity index (χ0n) is 7.71. The third-order valence-electron chi connectivity index (χ3n) is 2.82. The molecule has 0 radical (unpaired) electrons. The molecule has 1 aliphatic heterocycles. The Hall–Kier alpha value is -0.410. The Morgan fingerprint density at radius 2 is 2.08 bits per heavy atom. The molecule has 0 N–H and O–H groups in total. The highest BCUT2D eigenvalue weighted by Gasteiger charge is 2.37. The van der Waals surface area contributed by atoms with Crippen molar-refractivity contribution in [2.45, 2.75) is 25.9 Å². The summed E-state index contributed by atoms with van der Waals surface area (Å²) in [5.74, 6) is 0. The largest absolute Gasteiger partial charge is 0.381 e. The van der Waals surface area contributed by atoms with Gasteiger partial charge in [0.25, 0.3) is 0 Å². The van der Waals surface area contributed by atoms with Crippen molar-refractivity contribution in [2.24, 2.45) is 5.41 Å². The molecule has 3 heteroatoms. The summed E-state index contributed by atoms with van der Waals surface area (Å²) in [5.41, 5.74) is -0.299. The maximum atomic E-state index is 10.9. The number of carbonyl (C=O) groups excluding carboxylic acids is 1. The van der Waals surface area contributed by atoms with E-state index in [2.05, 4.69) is 0 Å². The highest BCUT2D eigenvalue weighted by atomic mass is 16.5. The number of carbonyl (C=O) groups is 1. The lowest BCUT2D eigenvalue weighted by atomic mass is 9.77. The number of methoxy groups -OCH3 is 1. The second-order valence-electron chi connectivity index (χ2n) is 3.34. The van der Waals surface area contributed by atoms with E-state index in [1.165, 1.54) is 0 Å². The number of rotatable bonds is 3. The Morgan fingerprint density at radius 1 is 1.50 bits per heavy atom. The van der Waals surface area contributed by atoms with Gasteiger partial charge in [0.1, 0.15) is 6.29 Å². The van der Waals surface area contributed by atoms with Crippen LogP contribution in [0, 0.1) is 5.41 Å². The zero-order chi connectivity index (χ0) is 9.03. The Kier molecular flexibility index (Phi) is 3.23. The van der Waals surface area contributed by atoms with Crippen molar-refractivity contribution in [2.75, 3.05) is 20.3 Å². The SMILES string of the molecule is COC(C)C1(C=O)CCOCC1. The van der Waals surface area contributed by atoms with Crippen LogP contribution in [0.5, 0.6) is 0 Å². The van der Waals surface area contributed by atoms with Gasteiger partial charge in [-0.05, 0) is 19.8 Å². The summed E-state index contributed by atoms with van der Waals surface area (Å²) >= 11 is 0. The molecule has 1 rings (SSSR count). The Morgan fingerprint density at radius 3 is 2.50 bits per heavy atom. The predicted molar refractivity (Wildman–Crippen MR) is 45.0 cm³/mol. The van der Waals surface area contributed by atoms with E-state index in [0.717, 1.165) is 19.1 Å². The van der Waals surface area contributed by atoms with Crippen molar-refractivity contribution in [1.82, 2.24) is 0 Å². The Balaban J connectivity index is 2.65. The van der Waals surface area contributed by atoms with E-state index in [1.807, 2.05) is 6.92 Å². The number of hydrogen-bond donors (Lipinski definition) is 0. The quantitative estimate of drug-likeness (QED) is 0.596. The van der Waals surface area contributed by atoms with Gasteiger partial charge in [-0.3, -0.25) is 0 Å². The minimum absolute atomic E-state index is 0.00102. The van der Waals surface area contributed by atoms with Gasteiger partial charge in [0.05, 0.1) is 11.5 Å². The van der Waals surface area contributed by atoms with Gasteiger partial charge >= 0.3 is 0 Å². The first-order valence-electron chi connectivity index (χ1n) is 4.32. The fraction of sp³-hybridized carbons (Fsp3) is 0.889. The summed E-state index contributed by atoms with van der Waals surface area (Å²) in [6.07, 6.45) is 2.60. The molecule has 0 aromatic rings. The molecule has 0 aliphatic carbocycles. The zero-order valence-corrected chi connectivity index (χ0v) is 7.71. The first-order valence-corrected chi connectivity index (χ1v) is 4.32. The predicted octanol–water partition coefficient (Wildman–Crippen LogP) is 1.02. The van der Waals surface area contributed by atoms with Crippen LogP contribution in [0.1, 0.15) is 19.8 Å². The van der Waals surface area contributed by atoms with Crippen LogP contribution in [0.4, 0.5) is 0 Å². The van der Waals surface area contributed by atoms with Gasteiger partial charge in [-0.15, -0.1) is 0 Å². The molecule has 0 amide bonds. The number of ether oxygens (including phenoxy) is 2. The molecule has 3 nitrogen and oxygen atoms in total. The van der Waals surface area contributed by atoms with Gasteiger partial charge in [-0.1, -0.05) is 0 Å². The Labute approximate surface area is 73.0 Å². The second kappa shape index (κ2) is 4.01. The number of hydrogen-bond acceptors (Lipinski definition) is 3. The lowest BCUT2D eigenvalue weighted by Crippen LogP contribution is -2.41. The van der Waals surface area contributed by atoms with Gasteiger partial charge in [0, 0.05) is 20.3 Å². The van der Waals surface area contributed by atoms with Crippen molar-refractivity contribution in [3.05, 3.63) is 0 Å². The molecule has 1 aliphatic rings. The molecular weight excluding hydrogens is 156 g/mol. The molecule has 12 heavy (non-hydrogen) atoms. The summed E-state index contributed by atoms with van der Waals surface area (Å²) in [6, 6.07) is 0. The lowest BCUT2D eigenvalue weighted by Gasteiger charge is -2.36. The van der Waals surface area contributed by atoms with Crippen LogP contribution >= 0.6 is 0 Å². The van der Waals surface area contributed by atoms with E-state index in [-0.39, 0.29) is 11.5 Å². The average Bonchev–Trinajstić information content (AvgIpc) is 2.17. The highest BCUT2D eigenvalue weighted by molar-refractivity contribution is 5.60. The second-order valence-corrected chi connectivity index (χ2v) is 3.34. The van der Waals surface area contributed by atoms with Gasteiger partial charge in [-0.2, -0.15) is 0 Å². The Bertz CT molecular complexity index is 150. The third kappa shape index (κ3) is 1.67. The molecule has 1 atom stereocenters. The van der Waals surface area contributed by atoms with Crippen LogP contribution in [-0.4, -0.2) is 32.7 Å². The minimum Gasteiger partial charge on any atom is -0.381 e. The molecule has 1 saturated heterocycles. The monoisotopic (exact) mass is 172 g/mol. The van der Waals surface area contributed by atoms with E-state index in [4.69, 9.17) is 9.47 Å². The first-order chi connectivity index (χ1) is 5.75. The smallest absolute Gasteiger partial charge is 0.128 e. The fourth-order valence-electron chi connectivity index (χ4n) is 1.61. The summed E-state index contributed by atoms with van der Waals surface area (Å²) < 4.78 is 10.4. The van der Waals surface area contributed by atoms with Crippen LogP contribution < -0.4 is 0 Å².